The monoisotopic (exact) mass is 194 g/mol. The molecule has 0 nitrogen and oxygen atoms in total. The Morgan fingerprint density at radius 1 is 0.846 bits per heavy atom. The Morgan fingerprint density at radius 3 is 1.77 bits per heavy atom. The molecule has 13 heavy (non-hydrogen) atoms. The van der Waals surface area contributed by atoms with Crippen molar-refractivity contribution >= 4 is 0 Å². The van der Waals surface area contributed by atoms with E-state index in [9.17, 15) is 0 Å². The van der Waals surface area contributed by atoms with Gasteiger partial charge in [0, 0.05) is 0 Å². The van der Waals surface area contributed by atoms with Gasteiger partial charge in [-0.15, -0.1) is 0 Å². The summed E-state index contributed by atoms with van der Waals surface area (Å²) in [5.74, 6) is 0.903. The molecule has 0 N–H and O–H groups in total. The van der Waals surface area contributed by atoms with Gasteiger partial charge >= 0.3 is 29.6 Å². The van der Waals surface area contributed by atoms with Gasteiger partial charge in [-0.3, -0.25) is 0 Å². The van der Waals surface area contributed by atoms with E-state index in [-0.39, 0.29) is 31.0 Å². The molecule has 0 spiro atoms. The Labute approximate surface area is 109 Å². The summed E-state index contributed by atoms with van der Waals surface area (Å²) in [6.45, 7) is 6.91. The molecule has 0 aromatic rings. The standard InChI is InChI=1S/C12H26.Na.H/c1-4-5-6-7-8-9-10-11-12(2)3;;/h12H,4-11H2,1-3H3;;/q;+1;-1. The van der Waals surface area contributed by atoms with E-state index >= 15 is 0 Å². The second-order valence-electron chi connectivity index (χ2n) is 4.30. The van der Waals surface area contributed by atoms with Crippen molar-refractivity contribution in [1.82, 2.24) is 0 Å². The molecule has 0 rings (SSSR count). The van der Waals surface area contributed by atoms with Gasteiger partial charge in [0.15, 0.2) is 0 Å². The zero-order valence-electron chi connectivity index (χ0n) is 11.2. The molecule has 0 aliphatic carbocycles. The Kier molecular flexibility index (Phi) is 16.4. The van der Waals surface area contributed by atoms with Crippen molar-refractivity contribution in [2.24, 2.45) is 5.92 Å². The number of hydrogen-bond acceptors (Lipinski definition) is 0. The molecule has 0 aliphatic heterocycles. The first-order chi connectivity index (χ1) is 5.77. The van der Waals surface area contributed by atoms with Gasteiger partial charge in [-0.25, -0.2) is 0 Å². The van der Waals surface area contributed by atoms with Crippen LogP contribution >= 0.6 is 0 Å². The van der Waals surface area contributed by atoms with Crippen LogP contribution in [0.3, 0.4) is 0 Å². The molecule has 0 aromatic carbocycles. The fourth-order valence-corrected chi connectivity index (χ4v) is 1.51. The van der Waals surface area contributed by atoms with Gasteiger partial charge < -0.3 is 1.43 Å². The van der Waals surface area contributed by atoms with Crippen molar-refractivity contribution in [2.45, 2.75) is 72.1 Å². The summed E-state index contributed by atoms with van der Waals surface area (Å²) < 4.78 is 0. The fourth-order valence-electron chi connectivity index (χ4n) is 1.51. The molecule has 1 heteroatoms. The van der Waals surface area contributed by atoms with E-state index in [4.69, 9.17) is 0 Å². The molecule has 0 unspecified atom stereocenters. The van der Waals surface area contributed by atoms with Gasteiger partial charge in [0.05, 0.1) is 0 Å². The topological polar surface area (TPSA) is 0 Å². The van der Waals surface area contributed by atoms with Gasteiger partial charge in [0.25, 0.3) is 0 Å². The van der Waals surface area contributed by atoms with Gasteiger partial charge in [-0.2, -0.15) is 0 Å². The van der Waals surface area contributed by atoms with E-state index < -0.39 is 0 Å². The SMILES string of the molecule is CCCCCCCCCC(C)C.[H-].[Na+]. The van der Waals surface area contributed by atoms with Crippen LogP contribution in [0.4, 0.5) is 0 Å². The first kappa shape index (κ1) is 16.4. The van der Waals surface area contributed by atoms with Crippen molar-refractivity contribution in [3.63, 3.8) is 0 Å². The zero-order valence-corrected chi connectivity index (χ0v) is 12.2. The fraction of sp³-hybridized carbons (Fsp3) is 1.00. The Balaban J connectivity index is -0.000000605. The quantitative estimate of drug-likeness (QED) is 0.409. The average molecular weight is 194 g/mol. The van der Waals surface area contributed by atoms with E-state index in [0.29, 0.717) is 0 Å². The van der Waals surface area contributed by atoms with Crippen LogP contribution in [0, 0.1) is 5.92 Å². The largest absolute Gasteiger partial charge is 1.00 e. The third kappa shape index (κ3) is 15.7. The third-order valence-electron chi connectivity index (χ3n) is 2.39. The minimum absolute atomic E-state index is 0. The second-order valence-corrected chi connectivity index (χ2v) is 4.30. The molecule has 76 valence electrons. The third-order valence-corrected chi connectivity index (χ3v) is 2.39. The molecule has 0 aromatic heterocycles. The van der Waals surface area contributed by atoms with Crippen molar-refractivity contribution in [3.8, 4) is 0 Å². The minimum Gasteiger partial charge on any atom is -1.00 e. The number of hydrogen-bond donors (Lipinski definition) is 0. The second kappa shape index (κ2) is 13.0. The van der Waals surface area contributed by atoms with Crippen LogP contribution in [0.25, 0.3) is 0 Å². The van der Waals surface area contributed by atoms with Crippen molar-refractivity contribution in [1.29, 1.82) is 0 Å². The molecule has 0 saturated heterocycles. The Bertz CT molecular complexity index is 84.4. The predicted molar refractivity (Wildman–Crippen MR) is 58.6 cm³/mol. The first-order valence-corrected chi connectivity index (χ1v) is 5.77. The smallest absolute Gasteiger partial charge is 1.00 e. The van der Waals surface area contributed by atoms with Crippen LogP contribution in [0.2, 0.25) is 0 Å². The number of unbranched alkanes of at least 4 members (excludes halogenated alkanes) is 6. The zero-order chi connectivity index (χ0) is 9.23. The van der Waals surface area contributed by atoms with Crippen LogP contribution in [0.1, 0.15) is 73.6 Å². The molecule has 0 saturated carbocycles. The normalized spacial score (nSPS) is 10.2. The van der Waals surface area contributed by atoms with Gasteiger partial charge in [0.1, 0.15) is 0 Å². The maximum Gasteiger partial charge on any atom is 1.00 e. The Morgan fingerprint density at radius 2 is 1.31 bits per heavy atom. The molecule has 0 aliphatic rings. The number of rotatable bonds is 8. The van der Waals surface area contributed by atoms with Crippen molar-refractivity contribution in [3.05, 3.63) is 0 Å². The maximum atomic E-state index is 2.32. The summed E-state index contributed by atoms with van der Waals surface area (Å²) in [5, 5.41) is 0. The summed E-state index contributed by atoms with van der Waals surface area (Å²) in [5.41, 5.74) is 0. The summed E-state index contributed by atoms with van der Waals surface area (Å²) in [4.78, 5) is 0. The molecular formula is C12H27Na. The summed E-state index contributed by atoms with van der Waals surface area (Å²) >= 11 is 0. The van der Waals surface area contributed by atoms with Crippen LogP contribution in [-0.4, -0.2) is 0 Å². The van der Waals surface area contributed by atoms with Gasteiger partial charge in [-0.05, 0) is 5.92 Å². The average Bonchev–Trinajstić information content (AvgIpc) is 2.02. The van der Waals surface area contributed by atoms with Crippen molar-refractivity contribution in [2.75, 3.05) is 0 Å². The van der Waals surface area contributed by atoms with E-state index in [1.165, 1.54) is 51.4 Å². The van der Waals surface area contributed by atoms with E-state index in [1.807, 2.05) is 0 Å². The van der Waals surface area contributed by atoms with Gasteiger partial charge in [-0.1, -0.05) is 72.1 Å². The summed E-state index contributed by atoms with van der Waals surface area (Å²) in [6.07, 6.45) is 11.5. The molecular weight excluding hydrogens is 167 g/mol. The molecule has 0 fully saturated rings. The predicted octanol–water partition coefficient (Wildman–Crippen LogP) is 1.90. The van der Waals surface area contributed by atoms with E-state index in [0.717, 1.165) is 5.92 Å². The molecule has 0 amide bonds. The molecule has 0 atom stereocenters. The Hall–Kier alpha value is 1.00. The summed E-state index contributed by atoms with van der Waals surface area (Å²) in [6, 6.07) is 0. The van der Waals surface area contributed by atoms with E-state index in [1.54, 1.807) is 0 Å². The minimum atomic E-state index is 0. The first-order valence-electron chi connectivity index (χ1n) is 5.77. The molecule has 0 bridgehead atoms. The van der Waals surface area contributed by atoms with Crippen molar-refractivity contribution < 1.29 is 31.0 Å². The van der Waals surface area contributed by atoms with Crippen LogP contribution < -0.4 is 29.6 Å². The summed E-state index contributed by atoms with van der Waals surface area (Å²) in [7, 11) is 0. The van der Waals surface area contributed by atoms with Crippen LogP contribution in [0.15, 0.2) is 0 Å². The maximum absolute atomic E-state index is 2.32. The van der Waals surface area contributed by atoms with Gasteiger partial charge in [0.2, 0.25) is 0 Å². The molecule has 0 heterocycles. The van der Waals surface area contributed by atoms with Crippen LogP contribution in [-0.2, 0) is 0 Å². The molecule has 0 radical (unpaired) electrons. The van der Waals surface area contributed by atoms with E-state index in [2.05, 4.69) is 20.8 Å². The van der Waals surface area contributed by atoms with Crippen LogP contribution in [0.5, 0.6) is 0 Å².